The first-order valence-electron chi connectivity index (χ1n) is 9.04. The van der Waals surface area contributed by atoms with Gasteiger partial charge in [0, 0.05) is 5.92 Å². The second kappa shape index (κ2) is 7.95. The number of benzene rings is 2. The number of carbonyl (C=O) groups is 2. The van der Waals surface area contributed by atoms with Gasteiger partial charge >= 0.3 is 12.1 Å². The van der Waals surface area contributed by atoms with Gasteiger partial charge < -0.3 is 19.6 Å². The fraction of sp³-hybridized carbons (Fsp3) is 0.130. The summed E-state index contributed by atoms with van der Waals surface area (Å²) < 4.78 is 10.4. The van der Waals surface area contributed by atoms with E-state index in [-0.39, 0.29) is 30.6 Å². The fourth-order valence-corrected chi connectivity index (χ4v) is 3.42. The van der Waals surface area contributed by atoms with Gasteiger partial charge in [0.25, 0.3) is 0 Å². The van der Waals surface area contributed by atoms with E-state index in [2.05, 4.69) is 41.4 Å². The van der Waals surface area contributed by atoms with Gasteiger partial charge in [-0.15, -0.1) is 0 Å². The van der Waals surface area contributed by atoms with E-state index in [0.29, 0.717) is 0 Å². The highest BCUT2D eigenvalue weighted by Gasteiger charge is 2.28. The summed E-state index contributed by atoms with van der Waals surface area (Å²) in [4.78, 5) is 22.8. The molecule has 29 heavy (non-hydrogen) atoms. The van der Waals surface area contributed by atoms with Gasteiger partial charge in [-0.1, -0.05) is 54.5 Å². The van der Waals surface area contributed by atoms with Gasteiger partial charge in [0.2, 0.25) is 5.76 Å². The Morgan fingerprint density at radius 3 is 2.28 bits per heavy atom. The zero-order chi connectivity index (χ0) is 20.2. The van der Waals surface area contributed by atoms with Crippen molar-refractivity contribution >= 4 is 12.1 Å². The Balaban J connectivity index is 1.33. The first kappa shape index (κ1) is 18.4. The maximum Gasteiger partial charge on any atom is 0.407 e. The van der Waals surface area contributed by atoms with Crippen LogP contribution in [0.4, 0.5) is 4.79 Å². The average Bonchev–Trinajstić information content (AvgIpc) is 3.33. The molecule has 0 spiro atoms. The molecule has 0 fully saturated rings. The molecule has 0 aliphatic heterocycles. The Morgan fingerprint density at radius 1 is 1.00 bits per heavy atom. The number of rotatable bonds is 4. The van der Waals surface area contributed by atoms with Gasteiger partial charge in [-0.2, -0.15) is 0 Å². The summed E-state index contributed by atoms with van der Waals surface area (Å²) in [6.45, 7) is 0.285. The van der Waals surface area contributed by atoms with E-state index >= 15 is 0 Å². The molecular formula is C23H17NO5. The highest BCUT2D eigenvalue weighted by Crippen LogP contribution is 2.44. The van der Waals surface area contributed by atoms with E-state index < -0.39 is 12.1 Å². The molecule has 2 N–H and O–H groups in total. The summed E-state index contributed by atoms with van der Waals surface area (Å²) in [5.41, 5.74) is 4.63. The lowest BCUT2D eigenvalue weighted by atomic mass is 9.98. The minimum atomic E-state index is -1.16. The Bertz CT molecular complexity index is 1090. The number of hydrogen-bond donors (Lipinski definition) is 2. The van der Waals surface area contributed by atoms with Crippen molar-refractivity contribution in [2.75, 3.05) is 13.2 Å². The molecular weight excluding hydrogens is 370 g/mol. The van der Waals surface area contributed by atoms with Gasteiger partial charge in [0.15, 0.2) is 5.76 Å². The molecule has 6 heteroatoms. The number of amides is 1. The van der Waals surface area contributed by atoms with Crippen LogP contribution in [0.3, 0.4) is 0 Å². The minimum absolute atomic E-state index is 0.00297. The van der Waals surface area contributed by atoms with Crippen molar-refractivity contribution in [3.05, 3.63) is 83.3 Å². The van der Waals surface area contributed by atoms with Crippen molar-refractivity contribution in [1.29, 1.82) is 0 Å². The molecule has 1 heterocycles. The lowest BCUT2D eigenvalue weighted by molar-refractivity contribution is 0.0661. The van der Waals surface area contributed by atoms with E-state index in [1.54, 1.807) is 0 Å². The Labute approximate surface area is 167 Å². The van der Waals surface area contributed by atoms with Crippen molar-refractivity contribution in [2.45, 2.75) is 5.92 Å². The van der Waals surface area contributed by atoms with Gasteiger partial charge in [-0.25, -0.2) is 9.59 Å². The summed E-state index contributed by atoms with van der Waals surface area (Å²) in [7, 11) is 0. The van der Waals surface area contributed by atoms with Gasteiger partial charge in [0.1, 0.15) is 6.61 Å². The Kier molecular flexibility index (Phi) is 5.04. The summed E-state index contributed by atoms with van der Waals surface area (Å²) in [6, 6.07) is 19.0. The van der Waals surface area contributed by atoms with Gasteiger partial charge in [0.05, 0.1) is 6.54 Å². The highest BCUT2D eigenvalue weighted by atomic mass is 16.5. The summed E-state index contributed by atoms with van der Waals surface area (Å²) >= 11 is 0. The Hall–Kier alpha value is -3.98. The Morgan fingerprint density at radius 2 is 1.66 bits per heavy atom. The SMILES string of the molecule is O=C(NCC#Cc1ccc(C(=O)O)o1)OCC1c2ccccc2-c2ccccc21. The highest BCUT2D eigenvalue weighted by molar-refractivity contribution is 5.84. The number of furan rings is 1. The predicted octanol–water partition coefficient (Wildman–Crippen LogP) is 3.87. The molecule has 6 nitrogen and oxygen atoms in total. The molecule has 2 aromatic carbocycles. The van der Waals surface area contributed by atoms with Crippen molar-refractivity contribution in [1.82, 2.24) is 5.32 Å². The van der Waals surface area contributed by atoms with E-state index in [1.807, 2.05) is 24.3 Å². The number of ether oxygens (including phenoxy) is 1. The third kappa shape index (κ3) is 3.85. The van der Waals surface area contributed by atoms with Crippen molar-refractivity contribution in [3.63, 3.8) is 0 Å². The largest absolute Gasteiger partial charge is 0.475 e. The molecule has 144 valence electrons. The molecule has 0 saturated heterocycles. The smallest absolute Gasteiger partial charge is 0.407 e. The zero-order valence-electron chi connectivity index (χ0n) is 15.3. The summed E-state index contributed by atoms with van der Waals surface area (Å²) in [5, 5.41) is 11.4. The lowest BCUT2D eigenvalue weighted by Crippen LogP contribution is -2.26. The van der Waals surface area contributed by atoms with Crippen LogP contribution >= 0.6 is 0 Å². The molecule has 1 aromatic heterocycles. The van der Waals surface area contributed by atoms with Crippen molar-refractivity contribution in [3.8, 4) is 23.0 Å². The quantitative estimate of drug-likeness (QED) is 0.664. The van der Waals surface area contributed by atoms with E-state index in [0.717, 1.165) is 11.1 Å². The van der Waals surface area contributed by atoms with E-state index in [9.17, 15) is 9.59 Å². The normalized spacial score (nSPS) is 11.7. The molecule has 4 rings (SSSR count). The number of carboxylic acids is 1. The van der Waals surface area contributed by atoms with Gasteiger partial charge in [-0.3, -0.25) is 0 Å². The standard InChI is InChI=1S/C23H17NO5/c25-22(26)21-12-11-15(29-21)6-5-13-24-23(27)28-14-20-18-9-3-1-7-16(18)17-8-2-4-10-19(17)20/h1-4,7-12,20H,13-14H2,(H,24,27)(H,25,26). The maximum atomic E-state index is 12.0. The number of fused-ring (bicyclic) bond motifs is 3. The first-order chi connectivity index (χ1) is 14.1. The third-order valence-corrected chi connectivity index (χ3v) is 4.69. The van der Waals surface area contributed by atoms with Gasteiger partial charge in [-0.05, 0) is 40.3 Å². The number of carboxylic acid groups (broad SMARTS) is 1. The first-order valence-corrected chi connectivity index (χ1v) is 9.04. The molecule has 0 atom stereocenters. The number of aromatic carboxylic acids is 1. The fourth-order valence-electron chi connectivity index (χ4n) is 3.42. The monoisotopic (exact) mass is 387 g/mol. The summed E-state index contributed by atoms with van der Waals surface area (Å²) in [5.74, 6) is 4.22. The second-order valence-corrected chi connectivity index (χ2v) is 6.45. The van der Waals surface area contributed by atoms with Crippen LogP contribution in [0.25, 0.3) is 11.1 Å². The van der Waals surface area contributed by atoms with Crippen LogP contribution in [0.2, 0.25) is 0 Å². The molecule has 1 aliphatic rings. The lowest BCUT2D eigenvalue weighted by Gasteiger charge is -2.14. The molecule has 1 aliphatic carbocycles. The molecule has 0 saturated carbocycles. The van der Waals surface area contributed by atoms with Crippen molar-refractivity contribution in [2.24, 2.45) is 0 Å². The van der Waals surface area contributed by atoms with Crippen LogP contribution in [0, 0.1) is 11.8 Å². The van der Waals surface area contributed by atoms with Crippen LogP contribution in [0.1, 0.15) is 33.4 Å². The maximum absolute atomic E-state index is 12.0. The number of alkyl carbamates (subject to hydrolysis) is 1. The number of nitrogens with one attached hydrogen (secondary N) is 1. The number of hydrogen-bond acceptors (Lipinski definition) is 4. The average molecular weight is 387 g/mol. The predicted molar refractivity (Wildman–Crippen MR) is 106 cm³/mol. The van der Waals surface area contributed by atoms with Crippen molar-refractivity contribution < 1.29 is 23.8 Å². The van der Waals surface area contributed by atoms with E-state index in [1.165, 1.54) is 23.3 Å². The molecule has 0 unspecified atom stereocenters. The molecule has 1 amide bonds. The van der Waals surface area contributed by atoms with Crippen LogP contribution in [0.15, 0.2) is 65.1 Å². The summed E-state index contributed by atoms with van der Waals surface area (Å²) in [6.07, 6.45) is -0.563. The molecule has 0 radical (unpaired) electrons. The topological polar surface area (TPSA) is 88.8 Å². The second-order valence-electron chi connectivity index (χ2n) is 6.45. The van der Waals surface area contributed by atoms with Crippen LogP contribution in [-0.2, 0) is 4.74 Å². The van der Waals surface area contributed by atoms with E-state index in [4.69, 9.17) is 14.3 Å². The van der Waals surface area contributed by atoms with Crippen LogP contribution in [0.5, 0.6) is 0 Å². The minimum Gasteiger partial charge on any atom is -0.475 e. The third-order valence-electron chi connectivity index (χ3n) is 4.69. The van der Waals surface area contributed by atoms with Crippen LogP contribution < -0.4 is 5.32 Å². The molecule has 0 bridgehead atoms. The number of carbonyl (C=O) groups excluding carboxylic acids is 1. The zero-order valence-corrected chi connectivity index (χ0v) is 15.3. The molecule has 3 aromatic rings. The van der Waals surface area contributed by atoms with Crippen LogP contribution in [-0.4, -0.2) is 30.3 Å².